The van der Waals surface area contributed by atoms with Crippen LogP contribution in [-0.4, -0.2) is 38.3 Å². The molecule has 0 bridgehead atoms. The number of carbonyl (C=O) groups is 1. The fourth-order valence-electron chi connectivity index (χ4n) is 2.19. The maximum Gasteiger partial charge on any atom is 0.246 e. The zero-order valence-electron chi connectivity index (χ0n) is 10.5. The summed E-state index contributed by atoms with van der Waals surface area (Å²) in [5, 5.41) is 6.38. The van der Waals surface area contributed by atoms with E-state index in [0.717, 1.165) is 25.4 Å². The van der Waals surface area contributed by atoms with Crippen molar-refractivity contribution >= 4 is 5.91 Å². The Bertz CT molecular complexity index is 236. The van der Waals surface area contributed by atoms with Crippen molar-refractivity contribution in [1.82, 2.24) is 10.6 Å². The Hall–Kier alpha value is -0.610. The summed E-state index contributed by atoms with van der Waals surface area (Å²) in [6, 6.07) is 0.596. The molecule has 1 aliphatic carbocycles. The Morgan fingerprint density at radius 3 is 2.88 bits per heavy atom. The average molecular weight is 240 g/mol. The van der Waals surface area contributed by atoms with Crippen molar-refractivity contribution in [2.75, 3.05) is 26.3 Å². The average Bonchev–Trinajstić information content (AvgIpc) is 3.17. The fraction of sp³-hybridized carbons (Fsp3) is 0.923. The Kier molecular flexibility index (Phi) is 5.26. The predicted molar refractivity (Wildman–Crippen MR) is 66.8 cm³/mol. The molecule has 4 nitrogen and oxygen atoms in total. The summed E-state index contributed by atoms with van der Waals surface area (Å²) in [6.45, 7) is 2.88. The molecule has 1 amide bonds. The lowest BCUT2D eigenvalue weighted by atomic mass is 10.0. The van der Waals surface area contributed by atoms with E-state index in [9.17, 15) is 4.79 Å². The molecule has 0 aromatic heterocycles. The molecule has 1 heterocycles. The van der Waals surface area contributed by atoms with Gasteiger partial charge in [-0.15, -0.1) is 0 Å². The summed E-state index contributed by atoms with van der Waals surface area (Å²) in [5.41, 5.74) is 0. The number of hydrogen-bond acceptors (Lipinski definition) is 3. The van der Waals surface area contributed by atoms with E-state index in [1.165, 1.54) is 32.1 Å². The number of amides is 1. The highest BCUT2D eigenvalue weighted by molar-refractivity contribution is 5.77. The molecule has 1 saturated carbocycles. The van der Waals surface area contributed by atoms with Crippen molar-refractivity contribution in [3.63, 3.8) is 0 Å². The monoisotopic (exact) mass is 240 g/mol. The molecule has 0 spiro atoms. The van der Waals surface area contributed by atoms with Gasteiger partial charge >= 0.3 is 0 Å². The molecule has 2 rings (SSSR count). The lowest BCUT2D eigenvalue weighted by molar-refractivity contribution is -0.125. The van der Waals surface area contributed by atoms with Gasteiger partial charge in [-0.25, -0.2) is 0 Å². The third-order valence-corrected chi connectivity index (χ3v) is 3.54. The second kappa shape index (κ2) is 6.97. The van der Waals surface area contributed by atoms with Gasteiger partial charge in [-0.3, -0.25) is 4.79 Å². The molecule has 1 atom stereocenters. The number of nitrogens with one attached hydrogen (secondary N) is 2. The van der Waals surface area contributed by atoms with Crippen LogP contribution in [0.5, 0.6) is 0 Å². The van der Waals surface area contributed by atoms with E-state index in [0.29, 0.717) is 12.6 Å². The number of rotatable bonds is 7. The highest BCUT2D eigenvalue weighted by Gasteiger charge is 2.21. The first-order chi connectivity index (χ1) is 8.34. The molecule has 17 heavy (non-hydrogen) atoms. The van der Waals surface area contributed by atoms with Gasteiger partial charge in [0.05, 0.1) is 0 Å². The molecule has 1 aliphatic heterocycles. The van der Waals surface area contributed by atoms with E-state index in [2.05, 4.69) is 10.6 Å². The van der Waals surface area contributed by atoms with Crippen molar-refractivity contribution in [2.45, 2.75) is 44.6 Å². The van der Waals surface area contributed by atoms with Crippen molar-refractivity contribution in [2.24, 2.45) is 5.92 Å². The van der Waals surface area contributed by atoms with Crippen LogP contribution in [0, 0.1) is 5.92 Å². The number of carbonyl (C=O) groups excluding carboxylic acids is 1. The van der Waals surface area contributed by atoms with Crippen molar-refractivity contribution in [3.8, 4) is 0 Å². The van der Waals surface area contributed by atoms with Crippen LogP contribution in [0.1, 0.15) is 38.5 Å². The molecule has 2 N–H and O–H groups in total. The Morgan fingerprint density at radius 2 is 2.18 bits per heavy atom. The topological polar surface area (TPSA) is 50.4 Å². The first-order valence-electron chi connectivity index (χ1n) is 6.92. The summed E-state index contributed by atoms with van der Waals surface area (Å²) in [4.78, 5) is 11.4. The van der Waals surface area contributed by atoms with Crippen LogP contribution >= 0.6 is 0 Å². The summed E-state index contributed by atoms with van der Waals surface area (Å²) in [6.07, 6.45) is 7.43. The largest absolute Gasteiger partial charge is 0.372 e. The zero-order chi connectivity index (χ0) is 11.9. The van der Waals surface area contributed by atoms with Gasteiger partial charge in [-0.1, -0.05) is 6.42 Å². The quantitative estimate of drug-likeness (QED) is 0.654. The van der Waals surface area contributed by atoms with Crippen LogP contribution < -0.4 is 10.6 Å². The van der Waals surface area contributed by atoms with E-state index < -0.39 is 0 Å². The highest BCUT2D eigenvalue weighted by atomic mass is 16.5. The molecule has 0 aromatic rings. The van der Waals surface area contributed by atoms with E-state index in [-0.39, 0.29) is 12.5 Å². The first-order valence-corrected chi connectivity index (χ1v) is 6.92. The molecule has 0 radical (unpaired) electrons. The van der Waals surface area contributed by atoms with Crippen molar-refractivity contribution < 1.29 is 9.53 Å². The number of ether oxygens (including phenoxy) is 1. The van der Waals surface area contributed by atoms with Gasteiger partial charge in [0.25, 0.3) is 0 Å². The number of piperidine rings is 1. The van der Waals surface area contributed by atoms with Gasteiger partial charge in [0, 0.05) is 19.2 Å². The van der Waals surface area contributed by atoms with E-state index in [4.69, 9.17) is 4.74 Å². The van der Waals surface area contributed by atoms with E-state index in [1.54, 1.807) is 0 Å². The van der Waals surface area contributed by atoms with Gasteiger partial charge in [-0.2, -0.15) is 0 Å². The molecule has 1 unspecified atom stereocenters. The number of hydrogen-bond donors (Lipinski definition) is 2. The van der Waals surface area contributed by atoms with Crippen LogP contribution in [0.2, 0.25) is 0 Å². The summed E-state index contributed by atoms with van der Waals surface area (Å²) in [5.74, 6) is 0.777. The van der Waals surface area contributed by atoms with Gasteiger partial charge in [0.1, 0.15) is 6.61 Å². The highest BCUT2D eigenvalue weighted by Crippen LogP contribution is 2.27. The van der Waals surface area contributed by atoms with Gasteiger partial charge in [0.15, 0.2) is 0 Å². The Labute approximate surface area is 103 Å². The molecule has 98 valence electrons. The minimum atomic E-state index is 0.0357. The van der Waals surface area contributed by atoms with Crippen LogP contribution in [0.4, 0.5) is 0 Å². The Morgan fingerprint density at radius 1 is 1.29 bits per heavy atom. The van der Waals surface area contributed by atoms with Crippen molar-refractivity contribution in [3.05, 3.63) is 0 Å². The molecule has 0 aromatic carbocycles. The second-order valence-corrected chi connectivity index (χ2v) is 5.24. The molecule has 2 aliphatic rings. The minimum absolute atomic E-state index is 0.0357. The lowest BCUT2D eigenvalue weighted by Crippen LogP contribution is -2.35. The zero-order valence-corrected chi connectivity index (χ0v) is 10.5. The summed E-state index contributed by atoms with van der Waals surface area (Å²) >= 11 is 0. The van der Waals surface area contributed by atoms with Gasteiger partial charge in [-0.05, 0) is 44.6 Å². The van der Waals surface area contributed by atoms with Crippen LogP contribution in [0.15, 0.2) is 0 Å². The fourth-order valence-corrected chi connectivity index (χ4v) is 2.19. The Balaban J connectivity index is 1.42. The predicted octanol–water partition coefficient (Wildman–Crippen LogP) is 1.06. The summed E-state index contributed by atoms with van der Waals surface area (Å²) in [7, 11) is 0. The maximum absolute atomic E-state index is 11.4. The molecule has 1 saturated heterocycles. The molecular formula is C13H24N2O2. The third kappa shape index (κ3) is 5.50. The standard InChI is InChI=1S/C13H24N2O2/c16-13(15-9-11-4-5-11)10-17-8-6-12-3-1-2-7-14-12/h11-12,14H,1-10H2,(H,15,16). The lowest BCUT2D eigenvalue weighted by Gasteiger charge is -2.23. The second-order valence-electron chi connectivity index (χ2n) is 5.24. The summed E-state index contributed by atoms with van der Waals surface area (Å²) < 4.78 is 5.40. The van der Waals surface area contributed by atoms with E-state index in [1.807, 2.05) is 0 Å². The van der Waals surface area contributed by atoms with Crippen LogP contribution in [0.3, 0.4) is 0 Å². The normalized spacial score (nSPS) is 24.6. The smallest absolute Gasteiger partial charge is 0.246 e. The SMILES string of the molecule is O=C(COCCC1CCCCN1)NCC1CC1. The van der Waals surface area contributed by atoms with Gasteiger partial charge < -0.3 is 15.4 Å². The molecule has 4 heteroatoms. The van der Waals surface area contributed by atoms with Crippen LogP contribution in [-0.2, 0) is 9.53 Å². The first kappa shape index (κ1) is 12.8. The third-order valence-electron chi connectivity index (χ3n) is 3.54. The van der Waals surface area contributed by atoms with Gasteiger partial charge in [0.2, 0.25) is 5.91 Å². The van der Waals surface area contributed by atoms with Crippen molar-refractivity contribution in [1.29, 1.82) is 0 Å². The molecule has 2 fully saturated rings. The molecular weight excluding hydrogens is 216 g/mol. The van der Waals surface area contributed by atoms with Crippen LogP contribution in [0.25, 0.3) is 0 Å². The maximum atomic E-state index is 11.4. The minimum Gasteiger partial charge on any atom is -0.372 e. The van der Waals surface area contributed by atoms with E-state index >= 15 is 0 Å².